The molecule has 128 valence electrons. The Morgan fingerprint density at radius 3 is 3.00 bits per heavy atom. The molecule has 0 aromatic carbocycles. The van der Waals surface area contributed by atoms with Crippen LogP contribution in [0.15, 0.2) is 33.7 Å². The maximum atomic E-state index is 12.8. The monoisotopic (exact) mass is 331 g/mol. The average molecular weight is 331 g/mol. The van der Waals surface area contributed by atoms with Crippen LogP contribution in [0.4, 0.5) is 0 Å². The Hall–Kier alpha value is -2.57. The molecule has 0 bridgehead atoms. The Morgan fingerprint density at radius 1 is 1.46 bits per heavy atom. The molecule has 3 heterocycles. The molecular formula is C17H21N3O4. The number of likely N-dealkylation sites (tertiary alicyclic amines) is 1. The number of ether oxygens (including phenoxy) is 1. The standard InChI is InChI=1S/C17H21N3O4/c1-12-10-13(18-24-12)14-6-3-4-9-20(14)16(21)11-19-8-5-7-15(23-2)17(19)22/h5,7-8,10,14H,3-4,6,9,11H2,1-2H3/t14-/m0/s1. The van der Waals surface area contributed by atoms with Gasteiger partial charge < -0.3 is 18.7 Å². The highest BCUT2D eigenvalue weighted by Gasteiger charge is 2.30. The molecule has 24 heavy (non-hydrogen) atoms. The largest absolute Gasteiger partial charge is 0.491 e. The number of methoxy groups -OCH3 is 1. The first kappa shape index (κ1) is 16.3. The molecule has 2 aromatic rings. The first-order valence-corrected chi connectivity index (χ1v) is 8.06. The minimum Gasteiger partial charge on any atom is -0.491 e. The lowest BCUT2D eigenvalue weighted by Crippen LogP contribution is -2.41. The number of carbonyl (C=O) groups is 1. The van der Waals surface area contributed by atoms with Crippen molar-refractivity contribution in [3.63, 3.8) is 0 Å². The van der Waals surface area contributed by atoms with Crippen LogP contribution < -0.4 is 10.3 Å². The second-order valence-corrected chi connectivity index (χ2v) is 5.97. The molecule has 0 spiro atoms. The van der Waals surface area contributed by atoms with E-state index in [-0.39, 0.29) is 29.8 Å². The van der Waals surface area contributed by atoms with Gasteiger partial charge in [0, 0.05) is 18.8 Å². The third kappa shape index (κ3) is 3.20. The SMILES string of the molecule is COc1cccn(CC(=O)N2CCCC[C@H]2c2cc(C)on2)c1=O. The second-order valence-electron chi connectivity index (χ2n) is 5.97. The minimum atomic E-state index is -0.306. The number of amides is 1. The fourth-order valence-electron chi connectivity index (χ4n) is 3.11. The number of hydrogen-bond acceptors (Lipinski definition) is 5. The summed E-state index contributed by atoms with van der Waals surface area (Å²) in [6, 6.07) is 5.06. The molecule has 1 amide bonds. The van der Waals surface area contributed by atoms with Crippen LogP contribution in [0.25, 0.3) is 0 Å². The third-order valence-electron chi connectivity index (χ3n) is 4.32. The molecule has 1 atom stereocenters. The summed E-state index contributed by atoms with van der Waals surface area (Å²) < 4.78 is 11.6. The zero-order valence-corrected chi connectivity index (χ0v) is 13.9. The van der Waals surface area contributed by atoms with Crippen LogP contribution in [-0.4, -0.2) is 34.2 Å². The third-order valence-corrected chi connectivity index (χ3v) is 4.32. The number of nitrogens with zero attached hydrogens (tertiary/aromatic N) is 3. The van der Waals surface area contributed by atoms with Crippen LogP contribution >= 0.6 is 0 Å². The van der Waals surface area contributed by atoms with E-state index in [0.717, 1.165) is 30.7 Å². The fraction of sp³-hybridized carbons (Fsp3) is 0.471. The molecule has 7 nitrogen and oxygen atoms in total. The van der Waals surface area contributed by atoms with Gasteiger partial charge in [-0.1, -0.05) is 5.16 Å². The lowest BCUT2D eigenvalue weighted by Gasteiger charge is -2.34. The first-order chi connectivity index (χ1) is 11.6. The summed E-state index contributed by atoms with van der Waals surface area (Å²) >= 11 is 0. The number of pyridine rings is 1. The van der Waals surface area contributed by atoms with Crippen molar-refractivity contribution in [3.8, 4) is 5.75 Å². The van der Waals surface area contributed by atoms with Crippen molar-refractivity contribution in [2.75, 3.05) is 13.7 Å². The molecule has 0 saturated carbocycles. The van der Waals surface area contributed by atoms with Crippen molar-refractivity contribution in [1.29, 1.82) is 0 Å². The molecular weight excluding hydrogens is 310 g/mol. The molecule has 1 aliphatic rings. The Morgan fingerprint density at radius 2 is 2.29 bits per heavy atom. The fourth-order valence-corrected chi connectivity index (χ4v) is 3.11. The van der Waals surface area contributed by atoms with Crippen LogP contribution in [0, 0.1) is 6.92 Å². The van der Waals surface area contributed by atoms with Gasteiger partial charge in [-0.05, 0) is 38.3 Å². The number of carbonyl (C=O) groups excluding carboxylic acids is 1. The predicted molar refractivity (Wildman–Crippen MR) is 86.8 cm³/mol. The maximum Gasteiger partial charge on any atom is 0.293 e. The number of piperidine rings is 1. The van der Waals surface area contributed by atoms with E-state index in [0.29, 0.717) is 6.54 Å². The van der Waals surface area contributed by atoms with Crippen molar-refractivity contribution in [2.24, 2.45) is 0 Å². The molecule has 2 aromatic heterocycles. The number of rotatable bonds is 4. The number of hydrogen-bond donors (Lipinski definition) is 0. The zero-order valence-electron chi connectivity index (χ0n) is 13.9. The first-order valence-electron chi connectivity index (χ1n) is 8.06. The van der Waals surface area contributed by atoms with Crippen LogP contribution in [0.2, 0.25) is 0 Å². The van der Waals surface area contributed by atoms with Gasteiger partial charge in [-0.15, -0.1) is 0 Å². The van der Waals surface area contributed by atoms with Crippen molar-refractivity contribution in [3.05, 3.63) is 46.2 Å². The molecule has 1 saturated heterocycles. The summed E-state index contributed by atoms with van der Waals surface area (Å²) in [6.45, 7) is 2.48. The maximum absolute atomic E-state index is 12.8. The topological polar surface area (TPSA) is 77.6 Å². The molecule has 0 aliphatic carbocycles. The molecule has 7 heteroatoms. The van der Waals surface area contributed by atoms with Gasteiger partial charge in [0.1, 0.15) is 18.0 Å². The van der Waals surface area contributed by atoms with E-state index in [1.807, 2.05) is 13.0 Å². The summed E-state index contributed by atoms with van der Waals surface area (Å²) in [7, 11) is 1.44. The van der Waals surface area contributed by atoms with Crippen molar-refractivity contribution >= 4 is 5.91 Å². The van der Waals surface area contributed by atoms with Crippen molar-refractivity contribution in [2.45, 2.75) is 38.8 Å². The van der Waals surface area contributed by atoms with Gasteiger partial charge in [-0.25, -0.2) is 0 Å². The Bertz CT molecular complexity index is 780. The molecule has 0 N–H and O–H groups in total. The van der Waals surface area contributed by atoms with Gasteiger partial charge in [0.05, 0.1) is 13.2 Å². The summed E-state index contributed by atoms with van der Waals surface area (Å²) in [4.78, 5) is 26.8. The second kappa shape index (κ2) is 6.90. The summed E-state index contributed by atoms with van der Waals surface area (Å²) in [6.07, 6.45) is 4.44. The van der Waals surface area contributed by atoms with Gasteiger partial charge in [-0.3, -0.25) is 9.59 Å². The van der Waals surface area contributed by atoms with Gasteiger partial charge in [0.2, 0.25) is 5.91 Å². The zero-order chi connectivity index (χ0) is 17.1. The Kier molecular flexibility index (Phi) is 4.69. The lowest BCUT2D eigenvalue weighted by atomic mass is 9.99. The minimum absolute atomic E-state index is 0.0105. The predicted octanol–water partition coefficient (Wildman–Crippen LogP) is 1.91. The van der Waals surface area contributed by atoms with Crippen LogP contribution in [-0.2, 0) is 11.3 Å². The Balaban J connectivity index is 1.81. The normalized spacial score (nSPS) is 17.8. The highest BCUT2D eigenvalue weighted by Crippen LogP contribution is 2.30. The van der Waals surface area contributed by atoms with Crippen molar-refractivity contribution in [1.82, 2.24) is 14.6 Å². The smallest absolute Gasteiger partial charge is 0.293 e. The summed E-state index contributed by atoms with van der Waals surface area (Å²) in [5, 5.41) is 4.07. The van der Waals surface area contributed by atoms with Gasteiger partial charge in [0.25, 0.3) is 5.56 Å². The van der Waals surface area contributed by atoms with Crippen LogP contribution in [0.5, 0.6) is 5.75 Å². The highest BCUT2D eigenvalue weighted by molar-refractivity contribution is 5.76. The van der Waals surface area contributed by atoms with Gasteiger partial charge in [-0.2, -0.15) is 0 Å². The van der Waals surface area contributed by atoms with E-state index in [2.05, 4.69) is 5.16 Å². The lowest BCUT2D eigenvalue weighted by molar-refractivity contribution is -0.135. The average Bonchev–Trinajstić information content (AvgIpc) is 3.03. The number of aromatic nitrogens is 2. The molecule has 3 rings (SSSR count). The van der Waals surface area contributed by atoms with E-state index >= 15 is 0 Å². The van der Waals surface area contributed by atoms with E-state index in [1.165, 1.54) is 11.7 Å². The molecule has 0 unspecified atom stereocenters. The quantitative estimate of drug-likeness (QED) is 0.855. The number of aryl methyl sites for hydroxylation is 1. The molecule has 1 fully saturated rings. The van der Waals surface area contributed by atoms with E-state index in [1.54, 1.807) is 23.2 Å². The summed E-state index contributed by atoms with van der Waals surface area (Å²) in [5.41, 5.74) is 0.470. The highest BCUT2D eigenvalue weighted by atomic mass is 16.5. The van der Waals surface area contributed by atoms with E-state index in [4.69, 9.17) is 9.26 Å². The summed E-state index contributed by atoms with van der Waals surface area (Å²) in [5.74, 6) is 0.857. The van der Waals surface area contributed by atoms with E-state index < -0.39 is 0 Å². The molecule has 0 radical (unpaired) electrons. The van der Waals surface area contributed by atoms with E-state index in [9.17, 15) is 9.59 Å². The van der Waals surface area contributed by atoms with Gasteiger partial charge >= 0.3 is 0 Å². The van der Waals surface area contributed by atoms with Crippen LogP contribution in [0.3, 0.4) is 0 Å². The van der Waals surface area contributed by atoms with Gasteiger partial charge in [0.15, 0.2) is 5.75 Å². The van der Waals surface area contributed by atoms with Crippen LogP contribution in [0.1, 0.15) is 36.8 Å². The Labute approximate surface area is 139 Å². The van der Waals surface area contributed by atoms with Crippen molar-refractivity contribution < 1.29 is 14.1 Å². The molecule has 1 aliphatic heterocycles.